The second kappa shape index (κ2) is 24.3. The Hall–Kier alpha value is -9.92. The van der Waals surface area contributed by atoms with E-state index in [0.29, 0.717) is 22.3 Å². The van der Waals surface area contributed by atoms with Crippen molar-refractivity contribution in [3.63, 3.8) is 0 Å². The fourth-order valence-electron chi connectivity index (χ4n) is 15.5. The van der Waals surface area contributed by atoms with Crippen LogP contribution in [0.15, 0.2) is 213 Å². The highest BCUT2D eigenvalue weighted by molar-refractivity contribution is 5.96. The highest BCUT2D eigenvalue weighted by atomic mass is 19.3. The van der Waals surface area contributed by atoms with Crippen molar-refractivity contribution in [1.29, 1.82) is 0 Å². The second-order valence-corrected chi connectivity index (χ2v) is 27.0. The van der Waals surface area contributed by atoms with Crippen molar-refractivity contribution < 1.29 is 52.3 Å². The van der Waals surface area contributed by atoms with Gasteiger partial charge in [-0.15, -0.1) is 0 Å². The van der Waals surface area contributed by atoms with Crippen LogP contribution in [-0.2, 0) is 50.9 Å². The monoisotopic (exact) mass is 1300 g/mol. The van der Waals surface area contributed by atoms with Crippen LogP contribution in [0.4, 0.5) is 17.6 Å². The minimum Gasteiger partial charge on any atom is -0.201 e. The van der Waals surface area contributed by atoms with Gasteiger partial charge in [0, 0.05) is 119 Å². The molecular formula is C89H86F4N4+4. The summed E-state index contributed by atoms with van der Waals surface area (Å²) in [6, 6.07) is 56.9. The maximum atomic E-state index is 14.9. The summed E-state index contributed by atoms with van der Waals surface area (Å²) in [6.45, 7) is 8.73. The Bertz CT molecular complexity index is 5720. The zero-order valence-corrected chi connectivity index (χ0v) is 57.0. The lowest BCUT2D eigenvalue weighted by molar-refractivity contribution is -0.660. The fourth-order valence-corrected chi connectivity index (χ4v) is 15.5. The number of fused-ring (bicyclic) bond motifs is 12. The number of alkyl halides is 4. The van der Waals surface area contributed by atoms with Crippen molar-refractivity contribution in [3.05, 3.63) is 307 Å². The van der Waals surface area contributed by atoms with Crippen LogP contribution in [0.3, 0.4) is 0 Å². The molecule has 8 aromatic carbocycles. The van der Waals surface area contributed by atoms with Crippen molar-refractivity contribution in [2.45, 2.75) is 112 Å². The summed E-state index contributed by atoms with van der Waals surface area (Å²) in [5, 5.41) is 0. The molecule has 16 rings (SSSR count). The summed E-state index contributed by atoms with van der Waals surface area (Å²) < 4.78 is 164. The van der Waals surface area contributed by atoms with Crippen LogP contribution in [0.2, 0.25) is 0 Å². The quantitative estimate of drug-likeness (QED) is 0.123. The predicted octanol–water partition coefficient (Wildman–Crippen LogP) is 20.3. The molecule has 0 N–H and O–H groups in total. The molecule has 4 heterocycles. The van der Waals surface area contributed by atoms with Crippen molar-refractivity contribution >= 4 is 0 Å². The first kappa shape index (κ1) is 52.3. The molecule has 0 saturated heterocycles. The average Bonchev–Trinajstić information content (AvgIpc) is 1.55. The van der Waals surface area contributed by atoms with Gasteiger partial charge in [-0.05, 0) is 159 Å². The van der Waals surface area contributed by atoms with Crippen LogP contribution >= 0.6 is 0 Å². The maximum absolute atomic E-state index is 14.9. The molecule has 4 aliphatic carbocycles. The summed E-state index contributed by atoms with van der Waals surface area (Å²) in [5.74, 6) is -5.89. The molecule has 0 bridgehead atoms. The molecule has 0 aliphatic heterocycles. The summed E-state index contributed by atoms with van der Waals surface area (Å²) in [6.07, 6.45) is 7.23. The molecule has 4 aromatic heterocycles. The first-order chi connectivity index (χ1) is 51.0. The number of hydrogen-bond donors (Lipinski definition) is 0. The van der Waals surface area contributed by atoms with Crippen LogP contribution in [0, 0.1) is 62.2 Å². The van der Waals surface area contributed by atoms with E-state index in [4.69, 9.17) is 16.4 Å². The summed E-state index contributed by atoms with van der Waals surface area (Å²) in [4.78, 5) is 0. The summed E-state index contributed by atoms with van der Waals surface area (Å²) in [5.41, 5.74) is 22.6. The number of aromatic nitrogens is 4. The third-order valence-electron chi connectivity index (χ3n) is 20.1. The lowest BCUT2D eigenvalue weighted by atomic mass is 9.80. The topological polar surface area (TPSA) is 15.5 Å². The van der Waals surface area contributed by atoms with Gasteiger partial charge in [0.05, 0.1) is 22.3 Å². The zero-order valence-electron chi connectivity index (χ0n) is 69.0. The molecule has 0 fully saturated rings. The minimum absolute atomic E-state index is 0.0976. The van der Waals surface area contributed by atoms with Gasteiger partial charge in [0.2, 0.25) is 22.8 Å². The number of aryl methyl sites for hydroxylation is 13. The molecule has 0 saturated carbocycles. The molecule has 2 atom stereocenters. The van der Waals surface area contributed by atoms with Gasteiger partial charge < -0.3 is 0 Å². The van der Waals surface area contributed by atoms with Crippen molar-refractivity contribution in [2.75, 3.05) is 0 Å². The van der Waals surface area contributed by atoms with Gasteiger partial charge in [0.1, 0.15) is 28.2 Å². The molecule has 12 aromatic rings. The fraction of sp³-hybridized carbons (Fsp3) is 0.236. The van der Waals surface area contributed by atoms with E-state index in [2.05, 4.69) is 0 Å². The molecule has 97 heavy (non-hydrogen) atoms. The SMILES string of the molecule is Cc1ccc(-c2c(C)ccc3c2-c2ccccc2C3(F)F)[n+](C)c1.Cc1ccc2c(c1-c1cccc[n+]1C)-c1ccccc1C2(F)F.[2H]C([2H])([2H])c1ccc(-c2c(C)ccc3c2-c2ccc(C)cc2C3(C)C([2H])([2H])[2H])[n+](C)c1.[2H]C([2H])([2H])c1ccc(-c2c(C)ccc3c2-c2cccc(C)c2C3(C)C([2H])([2H])[2H])[n+](C)c1. The number of halogens is 4. The lowest BCUT2D eigenvalue weighted by Crippen LogP contribution is -2.31. The molecule has 2 unspecified atom stereocenters. The van der Waals surface area contributed by atoms with Gasteiger partial charge in [-0.1, -0.05) is 167 Å². The van der Waals surface area contributed by atoms with Crippen LogP contribution < -0.4 is 18.3 Å². The van der Waals surface area contributed by atoms with E-state index in [1.165, 1.54) is 12.1 Å². The van der Waals surface area contributed by atoms with Crippen molar-refractivity contribution in [1.82, 2.24) is 0 Å². The summed E-state index contributed by atoms with van der Waals surface area (Å²) in [7, 11) is 7.56. The molecule has 486 valence electrons. The standard InChI is InChI=1S/2C24H26N.C21H18F2N.C20H16F2N/c1-15-7-10-18-20(13-15)24(4,5)19-11-9-17(3)22(23(18)19)21-12-8-16(2)14-25(21)6;1-15-10-13-20(25(6)14-15)21-16(2)11-12-19-22(21)18-9-7-8-17(3)23(18)24(19,4)5;1-13-8-11-18(24(3)12-13)19-14(2)9-10-17-20(19)15-6-4-5-7-16(15)21(17,22)23;1-13-10-11-16-19(18(13)17-9-5-6-12-23(17)2)14-7-3-4-8-15(14)20(16,21)22/h2*7-14H,1-6H3;4-12H,1-3H3;3-12H,1-2H3/q4*+1/i2D3,4D3;1D3,4D3;;. The first-order valence-corrected chi connectivity index (χ1v) is 32.6. The van der Waals surface area contributed by atoms with E-state index >= 15 is 0 Å². The van der Waals surface area contributed by atoms with E-state index in [0.717, 1.165) is 128 Å². The van der Waals surface area contributed by atoms with Crippen LogP contribution in [0.5, 0.6) is 0 Å². The number of hydrogen-bond acceptors (Lipinski definition) is 0. The molecular weight excluding hydrogens is 1200 g/mol. The predicted molar refractivity (Wildman–Crippen MR) is 387 cm³/mol. The van der Waals surface area contributed by atoms with Crippen LogP contribution in [0.25, 0.3) is 89.5 Å². The third kappa shape index (κ3) is 10.8. The van der Waals surface area contributed by atoms with Crippen LogP contribution in [0.1, 0.15) is 139 Å². The van der Waals surface area contributed by atoms with E-state index in [1.54, 1.807) is 80.0 Å². The van der Waals surface area contributed by atoms with E-state index in [-0.39, 0.29) is 33.4 Å². The Morgan fingerprint density at radius 2 is 0.680 bits per heavy atom. The molecule has 4 nitrogen and oxygen atoms in total. The third-order valence-corrected chi connectivity index (χ3v) is 20.1. The van der Waals surface area contributed by atoms with E-state index in [1.807, 2.05) is 230 Å². The largest absolute Gasteiger partial charge is 0.299 e. The van der Waals surface area contributed by atoms with Gasteiger partial charge in [0.15, 0.2) is 24.8 Å². The highest BCUT2D eigenvalue weighted by Gasteiger charge is 2.48. The lowest BCUT2D eigenvalue weighted by Gasteiger charge is -2.23. The van der Waals surface area contributed by atoms with Gasteiger partial charge in [-0.3, -0.25) is 0 Å². The van der Waals surface area contributed by atoms with Gasteiger partial charge in [-0.2, -0.15) is 17.6 Å². The van der Waals surface area contributed by atoms with Crippen molar-refractivity contribution in [3.8, 4) is 89.5 Å². The van der Waals surface area contributed by atoms with Gasteiger partial charge >= 0.3 is 0 Å². The molecule has 0 radical (unpaired) electrons. The maximum Gasteiger partial charge on any atom is 0.299 e. The Balaban J connectivity index is 0.000000129. The Morgan fingerprint density at radius 1 is 0.299 bits per heavy atom. The van der Waals surface area contributed by atoms with Gasteiger partial charge in [0.25, 0.3) is 11.8 Å². The normalized spacial score (nSPS) is 18.7. The Morgan fingerprint density at radius 3 is 1.14 bits per heavy atom. The number of pyridine rings is 4. The molecule has 4 aliphatic rings. The molecule has 8 heteroatoms. The highest BCUT2D eigenvalue weighted by Crippen LogP contribution is 2.58. The summed E-state index contributed by atoms with van der Waals surface area (Å²) >= 11 is 0. The second-order valence-electron chi connectivity index (χ2n) is 27.0. The van der Waals surface area contributed by atoms with E-state index < -0.39 is 50.1 Å². The average molecular weight is 1300 g/mol. The smallest absolute Gasteiger partial charge is 0.201 e. The number of rotatable bonds is 4. The molecule has 0 amide bonds. The van der Waals surface area contributed by atoms with Gasteiger partial charge in [-0.25, -0.2) is 18.3 Å². The minimum atomic E-state index is -2.95. The Kier molecular flexibility index (Phi) is 13.1. The van der Waals surface area contributed by atoms with Crippen molar-refractivity contribution in [2.24, 2.45) is 28.2 Å². The number of nitrogens with zero attached hydrogens (tertiary/aromatic N) is 4. The van der Waals surface area contributed by atoms with Crippen LogP contribution in [-0.4, -0.2) is 0 Å². The van der Waals surface area contributed by atoms with E-state index in [9.17, 15) is 17.6 Å². The number of benzene rings is 8. The molecule has 0 spiro atoms. The zero-order chi connectivity index (χ0) is 79.1. The first-order valence-electron chi connectivity index (χ1n) is 38.6. The Labute approximate surface area is 587 Å².